The Morgan fingerprint density at radius 3 is 2.84 bits per heavy atom. The molecule has 0 amide bonds. The van der Waals surface area contributed by atoms with Gasteiger partial charge in [-0.05, 0) is 24.3 Å². The number of methoxy groups -OCH3 is 1. The first-order valence-electron chi connectivity index (χ1n) is 7.47. The minimum atomic E-state index is -0.494. The number of pyridine rings is 1. The molecule has 0 aromatic carbocycles. The summed E-state index contributed by atoms with van der Waals surface area (Å²) < 4.78 is 12.1. The van der Waals surface area contributed by atoms with Gasteiger partial charge >= 0.3 is 5.97 Å². The molecule has 0 bridgehead atoms. The molecule has 128 valence electrons. The molecular formula is C17H16N4O3S. The van der Waals surface area contributed by atoms with E-state index in [0.717, 1.165) is 16.5 Å². The zero-order valence-corrected chi connectivity index (χ0v) is 14.4. The zero-order valence-electron chi connectivity index (χ0n) is 13.6. The highest BCUT2D eigenvalue weighted by molar-refractivity contribution is 7.98. The third-order valence-corrected chi connectivity index (χ3v) is 4.35. The molecule has 0 aliphatic carbocycles. The van der Waals surface area contributed by atoms with Gasteiger partial charge in [-0.3, -0.25) is 9.55 Å². The summed E-state index contributed by atoms with van der Waals surface area (Å²) >= 11 is 1.47. The van der Waals surface area contributed by atoms with Gasteiger partial charge < -0.3 is 9.15 Å². The Kier molecular flexibility index (Phi) is 5.30. The first-order chi connectivity index (χ1) is 12.2. The number of thioether (sulfide) groups is 1. The highest BCUT2D eigenvalue weighted by Crippen LogP contribution is 2.27. The quantitative estimate of drug-likeness (QED) is 0.365. The van der Waals surface area contributed by atoms with Crippen LogP contribution in [0.2, 0.25) is 0 Å². The lowest BCUT2D eigenvalue weighted by atomic mass is 10.2. The smallest absolute Gasteiger partial charge is 0.373 e. The summed E-state index contributed by atoms with van der Waals surface area (Å²) in [6, 6.07) is 7.11. The Morgan fingerprint density at radius 2 is 2.12 bits per heavy atom. The predicted molar refractivity (Wildman–Crippen MR) is 93.1 cm³/mol. The second kappa shape index (κ2) is 7.80. The SMILES string of the molecule is C=CCn1c(SCc2ccc(C(=O)OC)o2)nnc1-c1ccncc1. The monoisotopic (exact) mass is 356 g/mol. The predicted octanol–water partition coefficient (Wildman–Crippen LogP) is 3.20. The fourth-order valence-corrected chi connectivity index (χ4v) is 3.05. The van der Waals surface area contributed by atoms with Crippen molar-refractivity contribution in [3.63, 3.8) is 0 Å². The van der Waals surface area contributed by atoms with E-state index in [1.165, 1.54) is 18.9 Å². The van der Waals surface area contributed by atoms with Crippen molar-refractivity contribution in [1.82, 2.24) is 19.7 Å². The molecule has 0 spiro atoms. The lowest BCUT2D eigenvalue weighted by Crippen LogP contribution is -2.00. The molecule has 0 aliphatic rings. The maximum absolute atomic E-state index is 11.4. The highest BCUT2D eigenvalue weighted by Gasteiger charge is 2.15. The van der Waals surface area contributed by atoms with Crippen molar-refractivity contribution in [2.75, 3.05) is 7.11 Å². The molecule has 3 aromatic heterocycles. The van der Waals surface area contributed by atoms with Crippen molar-refractivity contribution in [3.8, 4) is 11.4 Å². The number of carbonyl (C=O) groups is 1. The normalized spacial score (nSPS) is 10.6. The Morgan fingerprint density at radius 1 is 1.32 bits per heavy atom. The van der Waals surface area contributed by atoms with Crippen molar-refractivity contribution in [2.45, 2.75) is 17.5 Å². The van der Waals surface area contributed by atoms with Gasteiger partial charge in [0.1, 0.15) is 5.76 Å². The minimum absolute atomic E-state index is 0.183. The molecule has 0 radical (unpaired) electrons. The number of ether oxygens (including phenoxy) is 1. The number of carbonyl (C=O) groups excluding carboxylic acids is 1. The van der Waals surface area contributed by atoms with Gasteiger partial charge in [0.05, 0.1) is 12.9 Å². The number of furan rings is 1. The Labute approximate surface area is 148 Å². The standard InChI is InChI=1S/C17H16N4O3S/c1-3-10-21-15(12-6-8-18-9-7-12)19-20-17(21)25-11-13-4-5-14(24-13)16(22)23-2/h3-9H,1,10-11H2,2H3. The van der Waals surface area contributed by atoms with Crippen LogP contribution >= 0.6 is 11.8 Å². The van der Waals surface area contributed by atoms with Crippen LogP contribution in [-0.2, 0) is 17.0 Å². The Bertz CT molecular complexity index is 873. The molecule has 0 N–H and O–H groups in total. The van der Waals surface area contributed by atoms with E-state index in [0.29, 0.717) is 18.1 Å². The van der Waals surface area contributed by atoms with E-state index >= 15 is 0 Å². The summed E-state index contributed by atoms with van der Waals surface area (Å²) in [6.45, 7) is 4.38. The molecule has 7 nitrogen and oxygen atoms in total. The molecule has 0 saturated heterocycles. The van der Waals surface area contributed by atoms with E-state index < -0.39 is 5.97 Å². The van der Waals surface area contributed by atoms with Crippen molar-refractivity contribution < 1.29 is 13.9 Å². The lowest BCUT2D eigenvalue weighted by molar-refractivity contribution is 0.0563. The number of rotatable bonds is 7. The number of aromatic nitrogens is 4. The fourth-order valence-electron chi connectivity index (χ4n) is 2.21. The van der Waals surface area contributed by atoms with E-state index in [1.807, 2.05) is 16.7 Å². The highest BCUT2D eigenvalue weighted by atomic mass is 32.2. The van der Waals surface area contributed by atoms with Crippen molar-refractivity contribution in [2.24, 2.45) is 0 Å². The van der Waals surface area contributed by atoms with Gasteiger partial charge in [-0.1, -0.05) is 17.8 Å². The number of hydrogen-bond acceptors (Lipinski definition) is 7. The third-order valence-electron chi connectivity index (χ3n) is 3.36. The maximum Gasteiger partial charge on any atom is 0.373 e. The third kappa shape index (κ3) is 3.80. The molecule has 3 heterocycles. The Balaban J connectivity index is 1.78. The molecule has 0 fully saturated rings. The molecule has 0 aliphatic heterocycles. The van der Waals surface area contributed by atoms with E-state index in [-0.39, 0.29) is 5.76 Å². The van der Waals surface area contributed by atoms with Gasteiger partial charge in [0.15, 0.2) is 11.0 Å². The molecule has 25 heavy (non-hydrogen) atoms. The van der Waals surface area contributed by atoms with Crippen LogP contribution in [0.25, 0.3) is 11.4 Å². The van der Waals surface area contributed by atoms with E-state index in [1.54, 1.807) is 30.6 Å². The van der Waals surface area contributed by atoms with Gasteiger partial charge in [0.25, 0.3) is 0 Å². The average molecular weight is 356 g/mol. The number of esters is 1. The topological polar surface area (TPSA) is 83.0 Å². The largest absolute Gasteiger partial charge is 0.463 e. The van der Waals surface area contributed by atoms with E-state index in [9.17, 15) is 4.79 Å². The zero-order chi connectivity index (χ0) is 17.6. The summed E-state index contributed by atoms with van der Waals surface area (Å²) in [4.78, 5) is 15.5. The van der Waals surface area contributed by atoms with Gasteiger partial charge in [-0.25, -0.2) is 4.79 Å². The van der Waals surface area contributed by atoms with Crippen LogP contribution < -0.4 is 0 Å². The number of nitrogens with zero attached hydrogens (tertiary/aromatic N) is 4. The van der Waals surface area contributed by atoms with Gasteiger partial charge in [0.2, 0.25) is 5.76 Å². The second-order valence-electron chi connectivity index (χ2n) is 4.99. The number of allylic oxidation sites excluding steroid dienone is 1. The van der Waals surface area contributed by atoms with Crippen LogP contribution in [0.5, 0.6) is 0 Å². The fraction of sp³-hybridized carbons (Fsp3) is 0.176. The van der Waals surface area contributed by atoms with Crippen LogP contribution in [0.15, 0.2) is 58.9 Å². The average Bonchev–Trinajstić information content (AvgIpc) is 3.27. The molecule has 0 atom stereocenters. The first kappa shape index (κ1) is 17.0. The minimum Gasteiger partial charge on any atom is -0.463 e. The lowest BCUT2D eigenvalue weighted by Gasteiger charge is -2.07. The van der Waals surface area contributed by atoms with Crippen molar-refractivity contribution in [3.05, 3.63) is 60.8 Å². The van der Waals surface area contributed by atoms with Crippen LogP contribution in [0.4, 0.5) is 0 Å². The van der Waals surface area contributed by atoms with Crippen molar-refractivity contribution in [1.29, 1.82) is 0 Å². The summed E-state index contributed by atoms with van der Waals surface area (Å²) in [5.41, 5.74) is 0.933. The van der Waals surface area contributed by atoms with Crippen LogP contribution in [0.3, 0.4) is 0 Å². The van der Waals surface area contributed by atoms with Gasteiger partial charge in [0, 0.05) is 24.5 Å². The molecule has 0 unspecified atom stereocenters. The maximum atomic E-state index is 11.4. The second-order valence-corrected chi connectivity index (χ2v) is 5.93. The van der Waals surface area contributed by atoms with Gasteiger partial charge in [-0.2, -0.15) is 0 Å². The molecule has 3 rings (SSSR count). The molecular weight excluding hydrogens is 340 g/mol. The van der Waals surface area contributed by atoms with E-state index in [2.05, 4.69) is 26.5 Å². The molecule has 0 saturated carbocycles. The first-order valence-corrected chi connectivity index (χ1v) is 8.45. The van der Waals surface area contributed by atoms with E-state index in [4.69, 9.17) is 4.42 Å². The summed E-state index contributed by atoms with van der Waals surface area (Å²) in [5, 5.41) is 9.27. The van der Waals surface area contributed by atoms with Crippen LogP contribution in [-0.4, -0.2) is 32.8 Å². The van der Waals surface area contributed by atoms with Crippen LogP contribution in [0.1, 0.15) is 16.3 Å². The van der Waals surface area contributed by atoms with Gasteiger partial charge in [-0.15, -0.1) is 16.8 Å². The van der Waals surface area contributed by atoms with Crippen molar-refractivity contribution >= 4 is 17.7 Å². The summed E-state index contributed by atoms with van der Waals surface area (Å²) in [7, 11) is 1.32. The van der Waals surface area contributed by atoms with Crippen LogP contribution in [0, 0.1) is 0 Å². The summed E-state index contributed by atoms with van der Waals surface area (Å²) in [6.07, 6.45) is 5.22. The molecule has 8 heteroatoms. The molecule has 3 aromatic rings. The summed E-state index contributed by atoms with van der Waals surface area (Å²) in [5.74, 6) is 1.61. The Hall–Kier alpha value is -2.87. The number of hydrogen-bond donors (Lipinski definition) is 0.